The van der Waals surface area contributed by atoms with E-state index in [1.54, 1.807) is 13.8 Å². The molecule has 1 aromatic heterocycles. The second-order valence-electron chi connectivity index (χ2n) is 4.15. The van der Waals surface area contributed by atoms with Crippen LogP contribution in [0.1, 0.15) is 37.6 Å². The minimum absolute atomic E-state index is 0.325. The van der Waals surface area contributed by atoms with Gasteiger partial charge in [-0.2, -0.15) is 4.39 Å². The lowest BCUT2D eigenvalue weighted by Gasteiger charge is -2.24. The quantitative estimate of drug-likeness (QED) is 0.806. The van der Waals surface area contributed by atoms with Crippen molar-refractivity contribution in [2.45, 2.75) is 32.7 Å². The molecule has 0 aliphatic rings. The van der Waals surface area contributed by atoms with Crippen LogP contribution in [0.3, 0.4) is 0 Å². The van der Waals surface area contributed by atoms with Crippen LogP contribution in [0.25, 0.3) is 0 Å². The van der Waals surface area contributed by atoms with Gasteiger partial charge in [0.05, 0.1) is 5.56 Å². The number of pyridine rings is 1. The summed E-state index contributed by atoms with van der Waals surface area (Å²) in [4.78, 5) is 14.8. The Labute approximate surface area is 92.9 Å². The number of amides is 1. The van der Waals surface area contributed by atoms with Crippen molar-refractivity contribution in [1.82, 2.24) is 10.3 Å². The van der Waals surface area contributed by atoms with E-state index in [2.05, 4.69) is 10.3 Å². The second-order valence-corrected chi connectivity index (χ2v) is 4.15. The fraction of sp³-hybridized carbons (Fsp3) is 0.455. The van der Waals surface area contributed by atoms with Crippen LogP contribution in [0.5, 0.6) is 0 Å². The molecule has 1 amide bonds. The lowest BCUT2D eigenvalue weighted by Crippen LogP contribution is -2.43. The molecule has 0 saturated heterocycles. The van der Waals surface area contributed by atoms with Crippen LogP contribution in [-0.4, -0.2) is 16.4 Å². The topological polar surface area (TPSA) is 42.0 Å². The Kier molecular flexibility index (Phi) is 3.57. The van der Waals surface area contributed by atoms with Gasteiger partial charge in [-0.05, 0) is 26.3 Å². The van der Waals surface area contributed by atoms with Crippen molar-refractivity contribution in [2.24, 2.45) is 0 Å². The maximum atomic E-state index is 13.2. The fourth-order valence-electron chi connectivity index (χ4n) is 1.06. The lowest BCUT2D eigenvalue weighted by molar-refractivity contribution is 0.0905. The van der Waals surface area contributed by atoms with E-state index in [-0.39, 0.29) is 5.56 Å². The summed E-state index contributed by atoms with van der Waals surface area (Å²) in [5.74, 6) is -3.11. The molecule has 1 aromatic rings. The summed E-state index contributed by atoms with van der Waals surface area (Å²) in [5, 5.41) is 2.62. The van der Waals surface area contributed by atoms with Crippen LogP contribution < -0.4 is 5.32 Å². The number of nitrogens with zero attached hydrogens (tertiary/aromatic N) is 1. The highest BCUT2D eigenvalue weighted by Crippen LogP contribution is 2.12. The predicted octanol–water partition coefficient (Wildman–Crippen LogP) is 2.28. The molecule has 0 spiro atoms. The molecule has 0 unspecified atom stereocenters. The molecule has 0 fully saturated rings. The Morgan fingerprint density at radius 1 is 1.50 bits per heavy atom. The van der Waals surface area contributed by atoms with Gasteiger partial charge in [-0.25, -0.2) is 9.37 Å². The number of rotatable bonds is 3. The number of halogens is 2. The van der Waals surface area contributed by atoms with E-state index in [9.17, 15) is 13.6 Å². The van der Waals surface area contributed by atoms with Gasteiger partial charge in [0.15, 0.2) is 5.82 Å². The molecule has 1 heterocycles. The fourth-order valence-corrected chi connectivity index (χ4v) is 1.06. The maximum Gasteiger partial charge on any atom is 0.254 e. The Hall–Kier alpha value is -1.52. The number of hydrogen-bond acceptors (Lipinski definition) is 2. The van der Waals surface area contributed by atoms with Crippen LogP contribution in [0, 0.1) is 11.8 Å². The zero-order valence-corrected chi connectivity index (χ0v) is 9.47. The second kappa shape index (κ2) is 4.55. The zero-order valence-electron chi connectivity index (χ0n) is 9.47. The van der Waals surface area contributed by atoms with Gasteiger partial charge < -0.3 is 5.32 Å². The first-order valence-electron chi connectivity index (χ1n) is 5.00. The zero-order chi connectivity index (χ0) is 12.3. The van der Waals surface area contributed by atoms with Gasteiger partial charge in [-0.15, -0.1) is 0 Å². The minimum Gasteiger partial charge on any atom is -0.347 e. The van der Waals surface area contributed by atoms with Gasteiger partial charge in [0, 0.05) is 11.7 Å². The molecule has 0 aliphatic carbocycles. The van der Waals surface area contributed by atoms with Crippen LogP contribution in [0.15, 0.2) is 12.3 Å². The highest BCUT2D eigenvalue weighted by atomic mass is 19.2. The molecule has 0 atom stereocenters. The average molecular weight is 228 g/mol. The van der Waals surface area contributed by atoms with Crippen LogP contribution >= 0.6 is 0 Å². The number of hydrogen-bond donors (Lipinski definition) is 1. The van der Waals surface area contributed by atoms with Gasteiger partial charge in [0.25, 0.3) is 5.91 Å². The van der Waals surface area contributed by atoms with E-state index in [1.807, 2.05) is 6.92 Å². The highest BCUT2D eigenvalue weighted by Gasteiger charge is 2.22. The summed E-state index contributed by atoms with van der Waals surface area (Å²) in [6.07, 6.45) is 1.75. The van der Waals surface area contributed by atoms with E-state index in [0.717, 1.165) is 12.3 Å². The Bertz CT molecular complexity index is 405. The standard InChI is InChI=1S/C11H14F2N2O/c1-4-11(2,3)15-10(16)7-5-6-14-9(13)8(7)12/h5-6H,4H2,1-3H3,(H,15,16). The van der Waals surface area contributed by atoms with E-state index in [1.165, 1.54) is 0 Å². The lowest BCUT2D eigenvalue weighted by atomic mass is 10.0. The molecule has 0 aromatic carbocycles. The number of nitrogens with one attached hydrogen (secondary N) is 1. The molecule has 0 aliphatic heterocycles. The van der Waals surface area contributed by atoms with Crippen molar-refractivity contribution in [3.05, 3.63) is 29.6 Å². The molecule has 1 rings (SSSR count). The summed E-state index contributed by atoms with van der Waals surface area (Å²) < 4.78 is 26.0. The van der Waals surface area contributed by atoms with E-state index in [0.29, 0.717) is 6.42 Å². The summed E-state index contributed by atoms with van der Waals surface area (Å²) in [6.45, 7) is 5.50. The van der Waals surface area contributed by atoms with Gasteiger partial charge in [0.1, 0.15) is 0 Å². The molecule has 5 heteroatoms. The van der Waals surface area contributed by atoms with Gasteiger partial charge >= 0.3 is 0 Å². The first kappa shape index (κ1) is 12.5. The Morgan fingerprint density at radius 2 is 2.12 bits per heavy atom. The van der Waals surface area contributed by atoms with Crippen molar-refractivity contribution in [3.63, 3.8) is 0 Å². The third-order valence-electron chi connectivity index (χ3n) is 2.43. The molecule has 0 bridgehead atoms. The SMILES string of the molecule is CCC(C)(C)NC(=O)c1ccnc(F)c1F. The predicted molar refractivity (Wildman–Crippen MR) is 56.0 cm³/mol. The van der Waals surface area contributed by atoms with Gasteiger partial charge in [0.2, 0.25) is 5.95 Å². The van der Waals surface area contributed by atoms with Crippen molar-refractivity contribution < 1.29 is 13.6 Å². The van der Waals surface area contributed by atoms with Crippen LogP contribution in [-0.2, 0) is 0 Å². The Balaban J connectivity index is 2.94. The number of carbonyl (C=O) groups is 1. The molecule has 16 heavy (non-hydrogen) atoms. The van der Waals surface area contributed by atoms with E-state index < -0.39 is 23.2 Å². The Morgan fingerprint density at radius 3 is 2.69 bits per heavy atom. The molecule has 88 valence electrons. The van der Waals surface area contributed by atoms with Crippen LogP contribution in [0.2, 0.25) is 0 Å². The number of carbonyl (C=O) groups excluding carboxylic acids is 1. The molecule has 0 saturated carbocycles. The molecule has 1 N–H and O–H groups in total. The first-order valence-corrected chi connectivity index (χ1v) is 5.00. The molecule has 0 radical (unpaired) electrons. The van der Waals surface area contributed by atoms with Crippen LogP contribution in [0.4, 0.5) is 8.78 Å². The monoisotopic (exact) mass is 228 g/mol. The molecular weight excluding hydrogens is 214 g/mol. The summed E-state index contributed by atoms with van der Waals surface area (Å²) >= 11 is 0. The maximum absolute atomic E-state index is 13.2. The normalized spacial score (nSPS) is 11.3. The third kappa shape index (κ3) is 2.74. The number of aromatic nitrogens is 1. The van der Waals surface area contributed by atoms with Crippen molar-refractivity contribution in [1.29, 1.82) is 0 Å². The largest absolute Gasteiger partial charge is 0.347 e. The third-order valence-corrected chi connectivity index (χ3v) is 2.43. The molecular formula is C11H14F2N2O. The first-order chi connectivity index (χ1) is 7.37. The van der Waals surface area contributed by atoms with E-state index in [4.69, 9.17) is 0 Å². The van der Waals surface area contributed by atoms with Crippen molar-refractivity contribution in [3.8, 4) is 0 Å². The van der Waals surface area contributed by atoms with Crippen molar-refractivity contribution in [2.75, 3.05) is 0 Å². The summed E-state index contributed by atoms with van der Waals surface area (Å²) in [6, 6.07) is 1.15. The van der Waals surface area contributed by atoms with E-state index >= 15 is 0 Å². The minimum atomic E-state index is -1.26. The molecule has 3 nitrogen and oxygen atoms in total. The van der Waals surface area contributed by atoms with Crippen molar-refractivity contribution >= 4 is 5.91 Å². The highest BCUT2D eigenvalue weighted by molar-refractivity contribution is 5.94. The summed E-state index contributed by atoms with van der Waals surface area (Å²) in [5.41, 5.74) is -0.780. The summed E-state index contributed by atoms with van der Waals surface area (Å²) in [7, 11) is 0. The smallest absolute Gasteiger partial charge is 0.254 e. The van der Waals surface area contributed by atoms with Gasteiger partial charge in [-0.3, -0.25) is 4.79 Å². The van der Waals surface area contributed by atoms with Gasteiger partial charge in [-0.1, -0.05) is 6.92 Å². The average Bonchev–Trinajstić information content (AvgIpc) is 2.21.